The van der Waals surface area contributed by atoms with E-state index in [4.69, 9.17) is 0 Å². The Labute approximate surface area is 104 Å². The molecule has 1 aromatic rings. The molecule has 2 nitrogen and oxygen atoms in total. The normalized spacial score (nSPS) is 24.6. The van der Waals surface area contributed by atoms with E-state index in [-0.39, 0.29) is 0 Å². The quantitative estimate of drug-likeness (QED) is 0.894. The molecule has 0 amide bonds. The maximum absolute atomic E-state index is 3.59. The van der Waals surface area contributed by atoms with Crippen LogP contribution in [0, 0.1) is 0 Å². The second-order valence-electron chi connectivity index (χ2n) is 4.75. The molecule has 0 aromatic carbocycles. The van der Waals surface area contributed by atoms with Crippen molar-refractivity contribution >= 4 is 27.3 Å². The Morgan fingerprint density at radius 1 is 1.60 bits per heavy atom. The van der Waals surface area contributed by atoms with Crippen molar-refractivity contribution in [3.8, 4) is 0 Å². The summed E-state index contributed by atoms with van der Waals surface area (Å²) in [5.41, 5.74) is 0.299. The van der Waals surface area contributed by atoms with Crippen molar-refractivity contribution < 1.29 is 0 Å². The van der Waals surface area contributed by atoms with Gasteiger partial charge in [-0.1, -0.05) is 0 Å². The average molecular weight is 289 g/mol. The van der Waals surface area contributed by atoms with Gasteiger partial charge in [-0.2, -0.15) is 0 Å². The standard InChI is InChI=1S/C11H17BrN2S/c1-11(2)5-8(6-14-11)13-7-9-3-4-10(12)15-9/h3-4,8,13-14H,5-7H2,1-2H3. The van der Waals surface area contributed by atoms with E-state index in [1.165, 1.54) is 15.1 Å². The summed E-state index contributed by atoms with van der Waals surface area (Å²) in [4.78, 5) is 1.39. The summed E-state index contributed by atoms with van der Waals surface area (Å²) in [7, 11) is 0. The third kappa shape index (κ3) is 3.28. The summed E-state index contributed by atoms with van der Waals surface area (Å²) in [5.74, 6) is 0. The van der Waals surface area contributed by atoms with Crippen molar-refractivity contribution in [2.75, 3.05) is 6.54 Å². The van der Waals surface area contributed by atoms with Crippen molar-refractivity contribution in [3.05, 3.63) is 20.8 Å². The largest absolute Gasteiger partial charge is 0.310 e. The topological polar surface area (TPSA) is 24.1 Å². The molecule has 15 heavy (non-hydrogen) atoms. The number of hydrogen-bond acceptors (Lipinski definition) is 3. The van der Waals surface area contributed by atoms with Gasteiger partial charge in [0, 0.05) is 29.5 Å². The van der Waals surface area contributed by atoms with Crippen LogP contribution in [0.4, 0.5) is 0 Å². The molecule has 1 fully saturated rings. The fourth-order valence-corrected chi connectivity index (χ4v) is 3.43. The monoisotopic (exact) mass is 288 g/mol. The zero-order valence-corrected chi connectivity index (χ0v) is 11.5. The Hall–Kier alpha value is 0.1000. The number of hydrogen-bond donors (Lipinski definition) is 2. The van der Waals surface area contributed by atoms with Crippen LogP contribution >= 0.6 is 27.3 Å². The van der Waals surface area contributed by atoms with Gasteiger partial charge in [0.2, 0.25) is 0 Å². The van der Waals surface area contributed by atoms with Gasteiger partial charge in [0.05, 0.1) is 3.79 Å². The van der Waals surface area contributed by atoms with Crippen molar-refractivity contribution in [2.45, 2.75) is 38.4 Å². The van der Waals surface area contributed by atoms with E-state index in [9.17, 15) is 0 Å². The van der Waals surface area contributed by atoms with Gasteiger partial charge >= 0.3 is 0 Å². The molecule has 0 bridgehead atoms. The molecule has 1 atom stereocenters. The third-order valence-corrected chi connectivity index (χ3v) is 4.40. The molecule has 2 heterocycles. The predicted octanol–water partition coefficient (Wildman–Crippen LogP) is 2.74. The average Bonchev–Trinajstić information content (AvgIpc) is 2.69. The summed E-state index contributed by atoms with van der Waals surface area (Å²) in [6.45, 7) is 6.59. The fourth-order valence-electron chi connectivity index (χ4n) is 2.00. The molecule has 2 rings (SSSR count). The molecule has 1 aliphatic rings. The molecule has 2 N–H and O–H groups in total. The number of nitrogens with one attached hydrogen (secondary N) is 2. The maximum atomic E-state index is 3.59. The molecule has 84 valence electrons. The van der Waals surface area contributed by atoms with Gasteiger partial charge in [-0.3, -0.25) is 0 Å². The summed E-state index contributed by atoms with van der Waals surface area (Å²) in [5, 5.41) is 7.11. The first-order valence-corrected chi connectivity index (χ1v) is 6.89. The molecule has 1 unspecified atom stereocenters. The Morgan fingerprint density at radius 3 is 2.93 bits per heavy atom. The zero-order valence-electron chi connectivity index (χ0n) is 9.14. The molecule has 0 aliphatic carbocycles. The highest BCUT2D eigenvalue weighted by atomic mass is 79.9. The molecule has 4 heteroatoms. The minimum Gasteiger partial charge on any atom is -0.310 e. The van der Waals surface area contributed by atoms with Crippen molar-refractivity contribution in [1.29, 1.82) is 0 Å². The van der Waals surface area contributed by atoms with Gasteiger partial charge in [0.1, 0.15) is 0 Å². The second kappa shape index (κ2) is 4.53. The van der Waals surface area contributed by atoms with Gasteiger partial charge < -0.3 is 10.6 Å². The summed E-state index contributed by atoms with van der Waals surface area (Å²) in [6, 6.07) is 4.90. The Morgan fingerprint density at radius 2 is 2.40 bits per heavy atom. The van der Waals surface area contributed by atoms with Crippen LogP contribution in [-0.4, -0.2) is 18.1 Å². The first-order valence-electron chi connectivity index (χ1n) is 5.28. The third-order valence-electron chi connectivity index (χ3n) is 2.78. The molecule has 1 saturated heterocycles. The van der Waals surface area contributed by atoms with E-state index in [1.807, 2.05) is 0 Å². The van der Waals surface area contributed by atoms with E-state index in [0.717, 1.165) is 13.1 Å². The highest BCUT2D eigenvalue weighted by Gasteiger charge is 2.29. The summed E-state index contributed by atoms with van der Waals surface area (Å²) < 4.78 is 1.21. The lowest BCUT2D eigenvalue weighted by molar-refractivity contribution is 0.442. The number of thiophene rings is 1. The van der Waals surface area contributed by atoms with Crippen LogP contribution in [0.15, 0.2) is 15.9 Å². The van der Waals surface area contributed by atoms with Crippen molar-refractivity contribution in [1.82, 2.24) is 10.6 Å². The molecule has 0 saturated carbocycles. The highest BCUT2D eigenvalue weighted by molar-refractivity contribution is 9.11. The summed E-state index contributed by atoms with van der Waals surface area (Å²) >= 11 is 5.29. The molecule has 1 aliphatic heterocycles. The van der Waals surface area contributed by atoms with Crippen LogP contribution in [-0.2, 0) is 6.54 Å². The van der Waals surface area contributed by atoms with Crippen molar-refractivity contribution in [3.63, 3.8) is 0 Å². The Kier molecular flexibility index (Phi) is 3.50. The van der Waals surface area contributed by atoms with Crippen LogP contribution in [0.3, 0.4) is 0 Å². The first kappa shape index (κ1) is 11.6. The Balaban J connectivity index is 1.80. The summed E-state index contributed by atoms with van der Waals surface area (Å²) in [6.07, 6.45) is 1.21. The van der Waals surface area contributed by atoms with E-state index < -0.39 is 0 Å². The Bertz CT molecular complexity index is 335. The zero-order chi connectivity index (χ0) is 10.9. The molecule has 0 spiro atoms. The van der Waals surface area contributed by atoms with Crippen molar-refractivity contribution in [2.24, 2.45) is 0 Å². The van der Waals surface area contributed by atoms with Crippen LogP contribution in [0.1, 0.15) is 25.1 Å². The van der Waals surface area contributed by atoms with Gasteiger partial charge in [-0.25, -0.2) is 0 Å². The molecular formula is C11H17BrN2S. The van der Waals surface area contributed by atoms with Crippen LogP contribution in [0.25, 0.3) is 0 Å². The molecule has 0 radical (unpaired) electrons. The van der Waals surface area contributed by atoms with E-state index in [2.05, 4.69) is 52.5 Å². The lowest BCUT2D eigenvalue weighted by atomic mass is 10.0. The predicted molar refractivity (Wildman–Crippen MR) is 69.3 cm³/mol. The second-order valence-corrected chi connectivity index (χ2v) is 7.30. The molecule has 1 aromatic heterocycles. The number of halogens is 1. The minimum absolute atomic E-state index is 0.299. The van der Waals surface area contributed by atoms with Crippen LogP contribution in [0.2, 0.25) is 0 Å². The lowest BCUT2D eigenvalue weighted by Crippen LogP contribution is -2.31. The lowest BCUT2D eigenvalue weighted by Gasteiger charge is -2.17. The van der Waals surface area contributed by atoms with E-state index in [1.54, 1.807) is 11.3 Å². The first-order chi connectivity index (χ1) is 7.05. The van der Waals surface area contributed by atoms with Crippen LogP contribution < -0.4 is 10.6 Å². The fraction of sp³-hybridized carbons (Fsp3) is 0.636. The SMILES string of the molecule is CC1(C)CC(NCc2ccc(Br)s2)CN1. The highest BCUT2D eigenvalue weighted by Crippen LogP contribution is 2.23. The minimum atomic E-state index is 0.299. The number of rotatable bonds is 3. The van der Waals surface area contributed by atoms with Gasteiger partial charge in [-0.05, 0) is 48.3 Å². The van der Waals surface area contributed by atoms with Gasteiger partial charge in [-0.15, -0.1) is 11.3 Å². The smallest absolute Gasteiger partial charge is 0.0701 e. The van der Waals surface area contributed by atoms with E-state index in [0.29, 0.717) is 11.6 Å². The molecular weight excluding hydrogens is 272 g/mol. The van der Waals surface area contributed by atoms with Crippen LogP contribution in [0.5, 0.6) is 0 Å². The maximum Gasteiger partial charge on any atom is 0.0701 e. The van der Waals surface area contributed by atoms with Gasteiger partial charge in [0.25, 0.3) is 0 Å². The van der Waals surface area contributed by atoms with E-state index >= 15 is 0 Å². The van der Waals surface area contributed by atoms with Gasteiger partial charge in [0.15, 0.2) is 0 Å².